The summed E-state index contributed by atoms with van der Waals surface area (Å²) < 4.78 is 14.2. The monoisotopic (exact) mass is 293 g/mol. The Morgan fingerprint density at radius 1 is 1.24 bits per heavy atom. The van der Waals surface area contributed by atoms with Crippen LogP contribution in [0.2, 0.25) is 0 Å². The zero-order valence-corrected chi connectivity index (χ0v) is 13.0. The van der Waals surface area contributed by atoms with E-state index >= 15 is 0 Å². The molecule has 4 aliphatic carbocycles. The van der Waals surface area contributed by atoms with Crippen molar-refractivity contribution in [1.82, 2.24) is 0 Å². The van der Waals surface area contributed by atoms with Gasteiger partial charge in [-0.1, -0.05) is 18.6 Å². The van der Waals surface area contributed by atoms with E-state index in [1.54, 1.807) is 0 Å². The average molecular weight is 293 g/mol. The molecule has 3 heteroatoms. The third-order valence-electron chi connectivity index (χ3n) is 7.50. The molecular formula is C18H28FNO. The first-order chi connectivity index (χ1) is 10.0. The fraction of sp³-hybridized carbons (Fsp3) is 0.889. The zero-order chi connectivity index (χ0) is 14.8. The van der Waals surface area contributed by atoms with Crippen molar-refractivity contribution in [2.45, 2.75) is 70.2 Å². The molecular weight excluding hydrogens is 265 g/mol. The SMILES string of the molecule is C[C@]12CC[C@H]3[C@@H](CCC4=C[C@H](O)CC[C@@H]43)[C@@H]1C[C@@H](F)[C@@H]2N. The van der Waals surface area contributed by atoms with E-state index in [1.807, 2.05) is 0 Å². The molecule has 3 saturated carbocycles. The maximum Gasteiger partial charge on any atom is 0.116 e. The van der Waals surface area contributed by atoms with Crippen molar-refractivity contribution >= 4 is 0 Å². The van der Waals surface area contributed by atoms with Gasteiger partial charge in [0.25, 0.3) is 0 Å². The van der Waals surface area contributed by atoms with Gasteiger partial charge in [0, 0.05) is 6.04 Å². The molecule has 2 nitrogen and oxygen atoms in total. The van der Waals surface area contributed by atoms with Gasteiger partial charge >= 0.3 is 0 Å². The van der Waals surface area contributed by atoms with Crippen molar-refractivity contribution in [1.29, 1.82) is 0 Å². The van der Waals surface area contributed by atoms with Gasteiger partial charge in [-0.3, -0.25) is 0 Å². The summed E-state index contributed by atoms with van der Waals surface area (Å²) in [5.74, 6) is 2.52. The van der Waals surface area contributed by atoms with E-state index in [-0.39, 0.29) is 17.6 Å². The van der Waals surface area contributed by atoms with Crippen LogP contribution in [-0.2, 0) is 0 Å². The van der Waals surface area contributed by atoms with Crippen LogP contribution in [0.25, 0.3) is 0 Å². The van der Waals surface area contributed by atoms with Gasteiger partial charge in [0.1, 0.15) is 6.17 Å². The lowest BCUT2D eigenvalue weighted by atomic mass is 9.52. The summed E-state index contributed by atoms with van der Waals surface area (Å²) in [4.78, 5) is 0. The minimum Gasteiger partial charge on any atom is -0.389 e. The molecule has 0 saturated heterocycles. The number of hydrogen-bond acceptors (Lipinski definition) is 2. The maximum absolute atomic E-state index is 14.2. The molecule has 4 aliphatic rings. The lowest BCUT2D eigenvalue weighted by Gasteiger charge is -2.53. The van der Waals surface area contributed by atoms with Gasteiger partial charge in [-0.25, -0.2) is 4.39 Å². The van der Waals surface area contributed by atoms with Crippen LogP contribution in [0, 0.1) is 29.1 Å². The van der Waals surface area contributed by atoms with Gasteiger partial charge < -0.3 is 10.8 Å². The third-order valence-corrected chi connectivity index (χ3v) is 7.50. The quantitative estimate of drug-likeness (QED) is 0.674. The molecule has 0 amide bonds. The molecule has 0 aromatic heterocycles. The highest BCUT2D eigenvalue weighted by Gasteiger charge is 2.58. The first-order valence-electron chi connectivity index (χ1n) is 8.79. The van der Waals surface area contributed by atoms with Crippen molar-refractivity contribution < 1.29 is 9.50 Å². The predicted molar refractivity (Wildman–Crippen MR) is 81.3 cm³/mol. The van der Waals surface area contributed by atoms with E-state index in [0.717, 1.165) is 25.7 Å². The number of hydrogen-bond donors (Lipinski definition) is 2. The molecule has 0 bridgehead atoms. The first kappa shape index (κ1) is 14.2. The van der Waals surface area contributed by atoms with Crippen LogP contribution >= 0.6 is 0 Å². The van der Waals surface area contributed by atoms with E-state index < -0.39 is 6.17 Å². The predicted octanol–water partition coefficient (Wildman–Crippen LogP) is 3.20. The second-order valence-corrected chi connectivity index (χ2v) is 8.29. The molecule has 3 N–H and O–H groups in total. The van der Waals surface area contributed by atoms with Crippen LogP contribution in [0.1, 0.15) is 51.9 Å². The van der Waals surface area contributed by atoms with Gasteiger partial charge in [-0.2, -0.15) is 0 Å². The van der Waals surface area contributed by atoms with Crippen molar-refractivity contribution in [2.75, 3.05) is 0 Å². The number of aliphatic hydroxyl groups is 1. The fourth-order valence-corrected chi connectivity index (χ4v) is 6.32. The highest BCUT2D eigenvalue weighted by Crippen LogP contribution is 2.61. The number of rotatable bonds is 0. The van der Waals surface area contributed by atoms with Crippen molar-refractivity contribution in [3.05, 3.63) is 11.6 Å². The molecule has 0 spiro atoms. The number of fused-ring (bicyclic) bond motifs is 5. The summed E-state index contributed by atoms with van der Waals surface area (Å²) in [6, 6.07) is -0.256. The Kier molecular flexibility index (Phi) is 3.24. The Morgan fingerprint density at radius 3 is 2.86 bits per heavy atom. The second kappa shape index (κ2) is 4.79. The zero-order valence-electron chi connectivity index (χ0n) is 13.0. The van der Waals surface area contributed by atoms with E-state index in [2.05, 4.69) is 13.0 Å². The molecule has 0 aromatic rings. The van der Waals surface area contributed by atoms with Gasteiger partial charge in [0.15, 0.2) is 0 Å². The van der Waals surface area contributed by atoms with Crippen LogP contribution in [0.4, 0.5) is 4.39 Å². The van der Waals surface area contributed by atoms with E-state index in [4.69, 9.17) is 5.73 Å². The van der Waals surface area contributed by atoms with Gasteiger partial charge in [-0.05, 0) is 74.0 Å². The van der Waals surface area contributed by atoms with Crippen molar-refractivity contribution in [3.63, 3.8) is 0 Å². The van der Waals surface area contributed by atoms with Crippen LogP contribution in [0.5, 0.6) is 0 Å². The lowest BCUT2D eigenvalue weighted by molar-refractivity contribution is -0.0112. The van der Waals surface area contributed by atoms with Crippen molar-refractivity contribution in [3.8, 4) is 0 Å². The maximum atomic E-state index is 14.2. The Bertz CT molecular complexity index is 464. The summed E-state index contributed by atoms with van der Waals surface area (Å²) in [6.07, 6.45) is 8.40. The normalized spacial score (nSPS) is 56.2. The smallest absolute Gasteiger partial charge is 0.116 e. The van der Waals surface area contributed by atoms with Crippen LogP contribution in [-0.4, -0.2) is 23.4 Å². The van der Waals surface area contributed by atoms with Crippen LogP contribution in [0.15, 0.2) is 11.6 Å². The highest BCUT2D eigenvalue weighted by molar-refractivity contribution is 5.20. The minimum absolute atomic E-state index is 0.0238. The first-order valence-corrected chi connectivity index (χ1v) is 8.79. The van der Waals surface area contributed by atoms with E-state index in [0.29, 0.717) is 30.1 Å². The number of halogens is 1. The number of allylic oxidation sites excluding steroid dienone is 1. The molecule has 0 radical (unpaired) electrons. The number of aliphatic hydroxyl groups excluding tert-OH is 1. The standard InChI is InChI=1S/C18H28FNO/c1-18-7-6-13-12-5-3-11(21)8-10(12)2-4-14(13)15(18)9-16(19)17(18)20/h8,11-17,21H,2-7,9,20H2,1H3/t11-,12+,13-,14-,15+,16-,17+,18+/m1/s1. The summed E-state index contributed by atoms with van der Waals surface area (Å²) in [7, 11) is 0. The Morgan fingerprint density at radius 2 is 2.05 bits per heavy atom. The fourth-order valence-electron chi connectivity index (χ4n) is 6.32. The molecule has 4 rings (SSSR count). The Balaban J connectivity index is 1.62. The minimum atomic E-state index is -0.802. The van der Waals surface area contributed by atoms with E-state index in [9.17, 15) is 9.50 Å². The summed E-state index contributed by atoms with van der Waals surface area (Å²) in [6.45, 7) is 2.24. The molecule has 0 aromatic carbocycles. The molecule has 21 heavy (non-hydrogen) atoms. The number of nitrogens with two attached hydrogens (primary N) is 1. The van der Waals surface area contributed by atoms with Crippen LogP contribution in [0.3, 0.4) is 0 Å². The third kappa shape index (κ3) is 1.96. The largest absolute Gasteiger partial charge is 0.389 e. The van der Waals surface area contributed by atoms with Gasteiger partial charge in [-0.15, -0.1) is 0 Å². The topological polar surface area (TPSA) is 46.2 Å². The molecule has 0 heterocycles. The molecule has 0 aliphatic heterocycles. The highest BCUT2D eigenvalue weighted by atomic mass is 19.1. The summed E-state index contributed by atoms with van der Waals surface area (Å²) in [5.41, 5.74) is 7.74. The Hall–Kier alpha value is -0.410. The summed E-state index contributed by atoms with van der Waals surface area (Å²) >= 11 is 0. The van der Waals surface area contributed by atoms with Crippen molar-refractivity contribution in [2.24, 2.45) is 34.8 Å². The lowest BCUT2D eigenvalue weighted by Crippen LogP contribution is -2.50. The van der Waals surface area contributed by atoms with Gasteiger partial charge in [0.2, 0.25) is 0 Å². The Labute approximate surface area is 127 Å². The van der Waals surface area contributed by atoms with Crippen LogP contribution < -0.4 is 5.73 Å². The second-order valence-electron chi connectivity index (χ2n) is 8.29. The molecule has 3 fully saturated rings. The molecule has 0 unspecified atom stereocenters. The van der Waals surface area contributed by atoms with E-state index in [1.165, 1.54) is 18.4 Å². The number of alkyl halides is 1. The van der Waals surface area contributed by atoms with Gasteiger partial charge in [0.05, 0.1) is 6.10 Å². The summed E-state index contributed by atoms with van der Waals surface area (Å²) in [5, 5.41) is 9.86. The molecule has 118 valence electrons. The average Bonchev–Trinajstić information content (AvgIpc) is 2.70. The molecule has 8 atom stereocenters.